The molecule has 2 unspecified atom stereocenters. The van der Waals surface area contributed by atoms with Crippen molar-refractivity contribution in [3.05, 3.63) is 48.0 Å². The smallest absolute Gasteiger partial charge is 0.0848 e. The van der Waals surface area contributed by atoms with Gasteiger partial charge in [-0.05, 0) is 55.1 Å². The molecular weight excluding hydrogens is 258 g/mol. The molecule has 3 rings (SSSR count). The first-order valence-electron chi connectivity index (χ1n) is 8.09. The summed E-state index contributed by atoms with van der Waals surface area (Å²) in [6.45, 7) is 6.26. The summed E-state index contributed by atoms with van der Waals surface area (Å²) in [5.41, 5.74) is 1.23. The van der Waals surface area contributed by atoms with Crippen LogP contribution in [0.4, 0.5) is 0 Å². The molecule has 21 heavy (non-hydrogen) atoms. The first kappa shape index (κ1) is 14.6. The van der Waals surface area contributed by atoms with Gasteiger partial charge in [-0.15, -0.1) is 0 Å². The van der Waals surface area contributed by atoms with Gasteiger partial charge >= 0.3 is 0 Å². The highest BCUT2D eigenvalue weighted by molar-refractivity contribution is 5.83. The van der Waals surface area contributed by atoms with Crippen LogP contribution in [-0.2, 0) is 4.74 Å². The number of ether oxygens (including phenoxy) is 1. The summed E-state index contributed by atoms with van der Waals surface area (Å²) in [4.78, 5) is 0. The van der Waals surface area contributed by atoms with Crippen molar-refractivity contribution in [2.24, 2.45) is 0 Å². The minimum atomic E-state index is -0.100. The highest BCUT2D eigenvalue weighted by Gasteiger charge is 2.37. The average molecular weight is 283 g/mol. The van der Waals surface area contributed by atoms with E-state index in [1.165, 1.54) is 29.2 Å². The Bertz CT molecular complexity index is 601. The van der Waals surface area contributed by atoms with Gasteiger partial charge in [-0.25, -0.2) is 0 Å². The van der Waals surface area contributed by atoms with Crippen molar-refractivity contribution in [1.29, 1.82) is 0 Å². The van der Waals surface area contributed by atoms with Gasteiger partial charge in [0.25, 0.3) is 0 Å². The summed E-state index contributed by atoms with van der Waals surface area (Å²) in [5.74, 6) is 0. The molecule has 0 spiro atoms. The lowest BCUT2D eigenvalue weighted by Crippen LogP contribution is -2.45. The molecule has 2 nitrogen and oxygen atoms in total. The van der Waals surface area contributed by atoms with E-state index < -0.39 is 0 Å². The highest BCUT2D eigenvalue weighted by atomic mass is 16.5. The van der Waals surface area contributed by atoms with Crippen LogP contribution in [0, 0.1) is 0 Å². The van der Waals surface area contributed by atoms with Gasteiger partial charge in [0, 0.05) is 6.61 Å². The van der Waals surface area contributed by atoms with Gasteiger partial charge in [0.1, 0.15) is 0 Å². The Morgan fingerprint density at radius 2 is 1.95 bits per heavy atom. The van der Waals surface area contributed by atoms with Crippen molar-refractivity contribution in [2.45, 2.75) is 44.8 Å². The number of nitrogens with one attached hydrogen (secondary N) is 1. The molecule has 2 aromatic carbocycles. The molecule has 2 aromatic rings. The van der Waals surface area contributed by atoms with Crippen molar-refractivity contribution in [3.8, 4) is 0 Å². The predicted octanol–water partition coefficient (Wildman–Crippen LogP) is 4.45. The van der Waals surface area contributed by atoms with Crippen molar-refractivity contribution < 1.29 is 4.74 Å². The van der Waals surface area contributed by atoms with Crippen molar-refractivity contribution in [3.63, 3.8) is 0 Å². The summed E-state index contributed by atoms with van der Waals surface area (Å²) in [5, 5.41) is 6.25. The van der Waals surface area contributed by atoms with Gasteiger partial charge in [0.05, 0.1) is 11.6 Å². The molecule has 0 aromatic heterocycles. The second kappa shape index (κ2) is 6.17. The van der Waals surface area contributed by atoms with Crippen molar-refractivity contribution >= 4 is 10.8 Å². The Morgan fingerprint density at radius 1 is 1.14 bits per heavy atom. The van der Waals surface area contributed by atoms with Crippen LogP contribution in [-0.4, -0.2) is 18.8 Å². The summed E-state index contributed by atoms with van der Waals surface area (Å²) >= 11 is 0. The van der Waals surface area contributed by atoms with E-state index in [9.17, 15) is 0 Å². The maximum atomic E-state index is 6.18. The van der Waals surface area contributed by atoms with Crippen LogP contribution >= 0.6 is 0 Å². The molecule has 1 fully saturated rings. The predicted molar refractivity (Wildman–Crippen MR) is 88.6 cm³/mol. The minimum Gasteiger partial charge on any atom is -0.373 e. The van der Waals surface area contributed by atoms with Gasteiger partial charge in [-0.2, -0.15) is 0 Å². The lowest BCUT2D eigenvalue weighted by Gasteiger charge is -2.41. The lowest BCUT2D eigenvalue weighted by molar-refractivity contribution is -0.0895. The van der Waals surface area contributed by atoms with Crippen LogP contribution in [0.25, 0.3) is 10.8 Å². The summed E-state index contributed by atoms with van der Waals surface area (Å²) < 4.78 is 6.18. The van der Waals surface area contributed by atoms with Gasteiger partial charge in [0.2, 0.25) is 0 Å². The van der Waals surface area contributed by atoms with Crippen LogP contribution in [0.15, 0.2) is 42.5 Å². The molecule has 0 bridgehead atoms. The van der Waals surface area contributed by atoms with Crippen molar-refractivity contribution in [2.75, 3.05) is 13.2 Å². The number of likely N-dealkylation sites (N-methyl/N-ethyl adjacent to an activating group) is 1. The number of hydrogen-bond donors (Lipinski definition) is 1. The zero-order chi connectivity index (χ0) is 14.7. The number of rotatable bonds is 4. The molecule has 0 aliphatic carbocycles. The van der Waals surface area contributed by atoms with E-state index in [2.05, 4.69) is 61.6 Å². The van der Waals surface area contributed by atoms with E-state index in [0.29, 0.717) is 0 Å². The van der Waals surface area contributed by atoms with Crippen LogP contribution in [0.5, 0.6) is 0 Å². The Balaban J connectivity index is 1.98. The Labute approximate surface area is 127 Å². The Morgan fingerprint density at radius 3 is 2.67 bits per heavy atom. The molecule has 0 amide bonds. The fraction of sp³-hybridized carbons (Fsp3) is 0.474. The number of hydrogen-bond acceptors (Lipinski definition) is 2. The van der Waals surface area contributed by atoms with Gasteiger partial charge in [-0.3, -0.25) is 0 Å². The maximum Gasteiger partial charge on any atom is 0.0848 e. The molecule has 0 radical (unpaired) electrons. The van der Waals surface area contributed by atoms with Crippen LogP contribution < -0.4 is 5.32 Å². The highest BCUT2D eigenvalue weighted by Crippen LogP contribution is 2.37. The van der Waals surface area contributed by atoms with Crippen LogP contribution in [0.2, 0.25) is 0 Å². The lowest BCUT2D eigenvalue weighted by atomic mass is 9.83. The van der Waals surface area contributed by atoms with E-state index in [1.54, 1.807) is 0 Å². The quantitative estimate of drug-likeness (QED) is 0.895. The third kappa shape index (κ3) is 2.97. The second-order valence-corrected chi connectivity index (χ2v) is 6.22. The summed E-state index contributed by atoms with van der Waals surface area (Å²) in [6.07, 6.45) is 3.57. The van der Waals surface area contributed by atoms with Crippen LogP contribution in [0.1, 0.15) is 44.7 Å². The van der Waals surface area contributed by atoms with Crippen LogP contribution in [0.3, 0.4) is 0 Å². The fourth-order valence-corrected chi connectivity index (χ4v) is 3.46. The monoisotopic (exact) mass is 283 g/mol. The van der Waals surface area contributed by atoms with Crippen molar-refractivity contribution in [1.82, 2.24) is 5.32 Å². The summed E-state index contributed by atoms with van der Waals surface area (Å²) in [6, 6.07) is 15.6. The zero-order valence-electron chi connectivity index (χ0n) is 13.1. The van der Waals surface area contributed by atoms with E-state index in [4.69, 9.17) is 4.74 Å². The standard InChI is InChI=1S/C19H25NO/c1-3-20-18(19(2)12-6-7-13-21-19)17-11-10-15-8-4-5-9-16(15)14-17/h4-5,8-11,14,18,20H,3,6-7,12-13H2,1-2H3. The molecule has 1 aliphatic heterocycles. The molecule has 2 heteroatoms. The fourth-order valence-electron chi connectivity index (χ4n) is 3.46. The normalized spacial score (nSPS) is 24.1. The average Bonchev–Trinajstić information content (AvgIpc) is 2.53. The molecule has 0 saturated carbocycles. The van der Waals surface area contributed by atoms with E-state index in [0.717, 1.165) is 19.6 Å². The van der Waals surface area contributed by atoms with Gasteiger partial charge < -0.3 is 10.1 Å². The van der Waals surface area contributed by atoms with Gasteiger partial charge in [0.15, 0.2) is 0 Å². The SMILES string of the molecule is CCNC(c1ccc2ccccc2c1)C1(C)CCCCO1. The molecular formula is C19H25NO. The third-order valence-electron chi connectivity index (χ3n) is 4.63. The van der Waals surface area contributed by atoms with Gasteiger partial charge in [-0.1, -0.05) is 43.3 Å². The molecule has 1 aliphatic rings. The number of fused-ring (bicyclic) bond motifs is 1. The van der Waals surface area contributed by atoms with E-state index in [-0.39, 0.29) is 11.6 Å². The largest absolute Gasteiger partial charge is 0.373 e. The maximum absolute atomic E-state index is 6.18. The molecule has 1 N–H and O–H groups in total. The first-order valence-corrected chi connectivity index (χ1v) is 8.09. The first-order chi connectivity index (χ1) is 10.2. The van der Waals surface area contributed by atoms with E-state index >= 15 is 0 Å². The minimum absolute atomic E-state index is 0.100. The molecule has 2 atom stereocenters. The Hall–Kier alpha value is -1.38. The second-order valence-electron chi connectivity index (χ2n) is 6.22. The third-order valence-corrected chi connectivity index (χ3v) is 4.63. The molecule has 112 valence electrons. The zero-order valence-corrected chi connectivity index (χ0v) is 13.1. The number of benzene rings is 2. The molecule has 1 saturated heterocycles. The topological polar surface area (TPSA) is 21.3 Å². The molecule has 1 heterocycles. The van der Waals surface area contributed by atoms with E-state index in [1.807, 2.05) is 0 Å². The summed E-state index contributed by atoms with van der Waals surface area (Å²) in [7, 11) is 0. The Kier molecular flexibility index (Phi) is 4.27.